The van der Waals surface area contributed by atoms with Crippen LogP contribution in [-0.2, 0) is 16.4 Å². The van der Waals surface area contributed by atoms with Gasteiger partial charge in [-0.15, -0.1) is 0 Å². The van der Waals surface area contributed by atoms with Crippen LogP contribution in [-0.4, -0.2) is 36.7 Å². The van der Waals surface area contributed by atoms with Crippen molar-refractivity contribution in [3.63, 3.8) is 0 Å². The molecule has 31 heavy (non-hydrogen) atoms. The number of aromatic nitrogens is 1. The van der Waals surface area contributed by atoms with E-state index in [0.717, 1.165) is 16.5 Å². The molecule has 2 aromatic carbocycles. The third-order valence-electron chi connectivity index (χ3n) is 4.76. The number of nitrogens with one attached hydrogen (secondary N) is 1. The van der Waals surface area contributed by atoms with Crippen LogP contribution < -0.4 is 4.72 Å². The fourth-order valence-corrected chi connectivity index (χ4v) is 4.40. The molecule has 7 nitrogen and oxygen atoms in total. The van der Waals surface area contributed by atoms with Crippen molar-refractivity contribution in [2.75, 3.05) is 11.3 Å². The number of benzene rings is 2. The lowest BCUT2D eigenvalue weighted by molar-refractivity contribution is 0.0654. The highest BCUT2D eigenvalue weighted by atomic mass is 35.5. The molecule has 2 heterocycles. The molecule has 0 atom stereocenters. The summed E-state index contributed by atoms with van der Waals surface area (Å²) in [6.07, 6.45) is 1.81. The number of hydrogen-bond donors (Lipinski definition) is 1. The summed E-state index contributed by atoms with van der Waals surface area (Å²) in [7, 11) is -3.90. The fourth-order valence-electron chi connectivity index (χ4n) is 3.17. The number of imide groups is 1. The van der Waals surface area contributed by atoms with Crippen LogP contribution in [0.1, 0.15) is 26.4 Å². The lowest BCUT2D eigenvalue weighted by Gasteiger charge is -2.14. The maximum absolute atomic E-state index is 13.3. The Morgan fingerprint density at radius 3 is 2.45 bits per heavy atom. The Morgan fingerprint density at radius 2 is 1.77 bits per heavy atom. The van der Waals surface area contributed by atoms with Gasteiger partial charge in [-0.05, 0) is 54.4 Å². The van der Waals surface area contributed by atoms with Gasteiger partial charge in [-0.3, -0.25) is 24.2 Å². The lowest BCUT2D eigenvalue weighted by atomic mass is 10.1. The summed E-state index contributed by atoms with van der Waals surface area (Å²) in [5.74, 6) is -1.49. The molecule has 1 N–H and O–H groups in total. The number of rotatable bonds is 6. The van der Waals surface area contributed by atoms with Crippen LogP contribution in [0, 0.1) is 5.82 Å². The van der Waals surface area contributed by atoms with E-state index in [0.29, 0.717) is 6.42 Å². The van der Waals surface area contributed by atoms with E-state index < -0.39 is 27.7 Å². The van der Waals surface area contributed by atoms with Crippen molar-refractivity contribution in [2.45, 2.75) is 11.3 Å². The predicted octanol–water partition coefficient (Wildman–Crippen LogP) is 3.51. The standard InChI is InChI=1S/C21H15ClFN3O4S/c22-17-12-14(5-8-18(17)23)25-31(29,30)15-6-3-13(4-7-15)9-11-26-20(27)16-2-1-10-24-19(16)21(26)28/h1-8,10,12,25H,9,11H2. The molecule has 0 radical (unpaired) electrons. The number of pyridine rings is 1. The van der Waals surface area contributed by atoms with Crippen molar-refractivity contribution >= 4 is 39.1 Å². The van der Waals surface area contributed by atoms with Gasteiger partial charge < -0.3 is 0 Å². The zero-order chi connectivity index (χ0) is 22.2. The topological polar surface area (TPSA) is 96.4 Å². The van der Waals surface area contributed by atoms with Crippen molar-refractivity contribution in [1.29, 1.82) is 0 Å². The number of fused-ring (bicyclic) bond motifs is 1. The predicted molar refractivity (Wildman–Crippen MR) is 112 cm³/mol. The van der Waals surface area contributed by atoms with Crippen molar-refractivity contribution in [3.05, 3.63) is 88.5 Å². The molecule has 0 fully saturated rings. The van der Waals surface area contributed by atoms with Gasteiger partial charge in [0.05, 0.1) is 21.2 Å². The molecule has 4 rings (SSSR count). The molecule has 1 aliphatic heterocycles. The van der Waals surface area contributed by atoms with Crippen LogP contribution in [0.3, 0.4) is 0 Å². The zero-order valence-electron chi connectivity index (χ0n) is 15.9. The Kier molecular flexibility index (Phi) is 5.47. The number of anilines is 1. The van der Waals surface area contributed by atoms with Crippen LogP contribution in [0.15, 0.2) is 65.7 Å². The average Bonchev–Trinajstić information content (AvgIpc) is 2.99. The highest BCUT2D eigenvalue weighted by molar-refractivity contribution is 7.92. The molecular weight excluding hydrogens is 445 g/mol. The minimum Gasteiger partial charge on any atom is -0.280 e. The summed E-state index contributed by atoms with van der Waals surface area (Å²) < 4.78 is 40.7. The lowest BCUT2D eigenvalue weighted by Crippen LogP contribution is -2.31. The molecule has 0 saturated carbocycles. The van der Waals surface area contributed by atoms with Crippen LogP contribution >= 0.6 is 11.6 Å². The monoisotopic (exact) mass is 459 g/mol. The second kappa shape index (κ2) is 8.09. The van der Waals surface area contributed by atoms with Gasteiger partial charge in [-0.2, -0.15) is 0 Å². The van der Waals surface area contributed by atoms with E-state index >= 15 is 0 Å². The molecule has 0 aliphatic carbocycles. The van der Waals surface area contributed by atoms with Crippen molar-refractivity contribution < 1.29 is 22.4 Å². The van der Waals surface area contributed by atoms with E-state index in [2.05, 4.69) is 9.71 Å². The first kappa shape index (κ1) is 21.0. The summed E-state index contributed by atoms with van der Waals surface area (Å²) >= 11 is 5.68. The zero-order valence-corrected chi connectivity index (χ0v) is 17.5. The highest BCUT2D eigenvalue weighted by Gasteiger charge is 2.36. The van der Waals surface area contributed by atoms with Gasteiger partial charge in [0.1, 0.15) is 11.5 Å². The summed E-state index contributed by atoms with van der Waals surface area (Å²) in [5.41, 5.74) is 1.30. The Morgan fingerprint density at radius 1 is 1.03 bits per heavy atom. The first-order valence-corrected chi connectivity index (χ1v) is 11.0. The Bertz CT molecular complexity index is 1260. The van der Waals surface area contributed by atoms with Gasteiger partial charge in [0, 0.05) is 12.7 Å². The van der Waals surface area contributed by atoms with E-state index in [1.54, 1.807) is 24.3 Å². The molecule has 2 amide bonds. The second-order valence-corrected chi connectivity index (χ2v) is 8.88. The van der Waals surface area contributed by atoms with Gasteiger partial charge in [0.25, 0.3) is 21.8 Å². The molecule has 10 heteroatoms. The third-order valence-corrected chi connectivity index (χ3v) is 6.45. The van der Waals surface area contributed by atoms with E-state index in [9.17, 15) is 22.4 Å². The molecule has 3 aromatic rings. The smallest absolute Gasteiger partial charge is 0.280 e. The minimum absolute atomic E-state index is 0.00151. The fraction of sp³-hybridized carbons (Fsp3) is 0.0952. The minimum atomic E-state index is -3.90. The SMILES string of the molecule is O=C1c2cccnc2C(=O)N1CCc1ccc(S(=O)(=O)Nc2ccc(F)c(Cl)c2)cc1. The van der Waals surface area contributed by atoms with Gasteiger partial charge in [0.15, 0.2) is 0 Å². The molecule has 0 saturated heterocycles. The molecule has 1 aliphatic rings. The Labute approximate surface area is 182 Å². The summed E-state index contributed by atoms with van der Waals surface area (Å²) in [6, 6.07) is 12.7. The quantitative estimate of drug-likeness (QED) is 0.569. The molecule has 0 bridgehead atoms. The van der Waals surface area contributed by atoms with Gasteiger partial charge in [0.2, 0.25) is 0 Å². The third kappa shape index (κ3) is 4.14. The number of sulfonamides is 1. The summed E-state index contributed by atoms with van der Waals surface area (Å²) in [6.45, 7) is 0.145. The van der Waals surface area contributed by atoms with E-state index in [4.69, 9.17) is 11.6 Å². The largest absolute Gasteiger partial charge is 0.280 e. The number of nitrogens with zero attached hydrogens (tertiary/aromatic N) is 2. The first-order valence-electron chi connectivity index (χ1n) is 9.14. The summed E-state index contributed by atoms with van der Waals surface area (Å²) in [5, 5.41) is -0.195. The maximum Gasteiger partial charge on any atom is 0.280 e. The van der Waals surface area contributed by atoms with Crippen LogP contribution in [0.5, 0.6) is 0 Å². The van der Waals surface area contributed by atoms with Crippen LogP contribution in [0.2, 0.25) is 5.02 Å². The average molecular weight is 460 g/mol. The second-order valence-electron chi connectivity index (χ2n) is 6.79. The van der Waals surface area contributed by atoms with Crippen molar-refractivity contribution in [1.82, 2.24) is 9.88 Å². The Hall–Kier alpha value is -3.30. The number of hydrogen-bond acceptors (Lipinski definition) is 5. The van der Waals surface area contributed by atoms with Gasteiger partial charge >= 0.3 is 0 Å². The molecule has 1 aromatic heterocycles. The van der Waals surface area contributed by atoms with Crippen molar-refractivity contribution in [3.8, 4) is 0 Å². The number of carbonyl (C=O) groups excluding carboxylic acids is 2. The maximum atomic E-state index is 13.3. The normalized spacial score (nSPS) is 13.4. The number of halogens is 2. The van der Waals surface area contributed by atoms with Crippen molar-refractivity contribution in [2.24, 2.45) is 0 Å². The van der Waals surface area contributed by atoms with Gasteiger partial charge in [-0.25, -0.2) is 12.8 Å². The first-order chi connectivity index (χ1) is 14.8. The molecule has 0 spiro atoms. The van der Waals surface area contributed by atoms with E-state index in [1.165, 1.54) is 30.5 Å². The van der Waals surface area contributed by atoms with E-state index in [-0.39, 0.29) is 33.4 Å². The number of carbonyl (C=O) groups is 2. The van der Waals surface area contributed by atoms with Crippen LogP contribution in [0.25, 0.3) is 0 Å². The molecular formula is C21H15ClFN3O4S. The number of amides is 2. The van der Waals surface area contributed by atoms with Gasteiger partial charge in [-0.1, -0.05) is 23.7 Å². The highest BCUT2D eigenvalue weighted by Crippen LogP contribution is 2.23. The molecule has 0 unspecified atom stereocenters. The van der Waals surface area contributed by atoms with E-state index in [1.807, 2.05) is 0 Å². The summed E-state index contributed by atoms with van der Waals surface area (Å²) in [4.78, 5) is 29.8. The molecule has 158 valence electrons. The van der Waals surface area contributed by atoms with Crippen LogP contribution in [0.4, 0.5) is 10.1 Å². The Balaban J connectivity index is 1.43.